The molecule has 6 heteroatoms. The molecule has 0 aliphatic heterocycles. The van der Waals surface area contributed by atoms with Crippen LogP contribution in [0.4, 0.5) is 0 Å². The van der Waals surface area contributed by atoms with Crippen molar-refractivity contribution in [3.63, 3.8) is 0 Å². The predicted molar refractivity (Wildman–Crippen MR) is 124 cm³/mol. The summed E-state index contributed by atoms with van der Waals surface area (Å²) in [5.41, 5.74) is 5.16. The standard InChI is InChI=1S/C21H17N2O.C5H8O2.Ir/c1-15-12-17-8-9-19(16-6-5-7-18(13-16)24-2)22-20(17)14-21(15)23-10-3-4-11-23;1-4(6)3-5(2)7;/h3-5,7-14H,1-2H3;3,6H,1-2H3;/q-1;;/b;4-3-;. The van der Waals surface area contributed by atoms with Gasteiger partial charge in [-0.2, -0.15) is 0 Å². The largest absolute Gasteiger partial charge is 0.516 e. The first-order valence-corrected chi connectivity index (χ1v) is 9.86. The number of carbonyl (C=O) groups is 1. The second-order valence-electron chi connectivity index (χ2n) is 7.16. The SMILES string of the molecule is CC(=O)/C=C(/C)O.COc1cc[c-]c(-c2ccc3cc(C)c(-n4cccc4)cc3n2)c1.[Ir]. The van der Waals surface area contributed by atoms with E-state index in [4.69, 9.17) is 14.8 Å². The molecular weight excluding hydrogens is 581 g/mol. The molecule has 32 heavy (non-hydrogen) atoms. The summed E-state index contributed by atoms with van der Waals surface area (Å²) in [4.78, 5) is 14.9. The molecule has 0 bridgehead atoms. The van der Waals surface area contributed by atoms with Crippen molar-refractivity contribution in [1.82, 2.24) is 9.55 Å². The normalized spacial score (nSPS) is 10.7. The van der Waals surface area contributed by atoms with Gasteiger partial charge in [0.05, 0.1) is 18.4 Å². The van der Waals surface area contributed by atoms with Gasteiger partial charge in [0.2, 0.25) is 0 Å². The van der Waals surface area contributed by atoms with E-state index in [1.807, 2.05) is 48.8 Å². The number of methoxy groups -OCH3 is 1. The molecule has 1 radical (unpaired) electrons. The molecule has 0 atom stereocenters. The summed E-state index contributed by atoms with van der Waals surface area (Å²) in [6.07, 6.45) is 5.27. The molecule has 1 N–H and O–H groups in total. The Labute approximate surface area is 201 Å². The topological polar surface area (TPSA) is 64.3 Å². The Kier molecular flexibility index (Phi) is 8.94. The number of aryl methyl sites for hydroxylation is 1. The number of allylic oxidation sites excluding steroid dienone is 2. The van der Waals surface area contributed by atoms with Crippen LogP contribution in [0.5, 0.6) is 5.75 Å². The van der Waals surface area contributed by atoms with Gasteiger partial charge in [-0.3, -0.25) is 9.78 Å². The summed E-state index contributed by atoms with van der Waals surface area (Å²) in [5.74, 6) is 0.745. The van der Waals surface area contributed by atoms with Crippen LogP contribution in [0.25, 0.3) is 27.8 Å². The monoisotopic (exact) mass is 606 g/mol. The minimum absolute atomic E-state index is 0. The van der Waals surface area contributed by atoms with E-state index in [1.54, 1.807) is 7.11 Å². The van der Waals surface area contributed by atoms with Crippen LogP contribution >= 0.6 is 0 Å². The minimum atomic E-state index is -0.125. The fraction of sp³-hybridized carbons (Fsp3) is 0.154. The first-order valence-electron chi connectivity index (χ1n) is 9.86. The zero-order chi connectivity index (χ0) is 22.4. The Hall–Kier alpha value is -3.21. The molecule has 0 spiro atoms. The van der Waals surface area contributed by atoms with Crippen molar-refractivity contribution in [1.29, 1.82) is 0 Å². The summed E-state index contributed by atoms with van der Waals surface area (Å²) >= 11 is 0. The third kappa shape index (κ3) is 6.39. The second kappa shape index (κ2) is 11.4. The molecule has 4 rings (SSSR count). The van der Waals surface area contributed by atoms with Crippen LogP contribution in [0.1, 0.15) is 19.4 Å². The number of nitrogens with zero attached hydrogens (tertiary/aromatic N) is 2. The quantitative estimate of drug-likeness (QED) is 0.180. The van der Waals surface area contributed by atoms with Gasteiger partial charge >= 0.3 is 0 Å². The minimum Gasteiger partial charge on any atom is -0.516 e. The van der Waals surface area contributed by atoms with Gasteiger partial charge in [0.25, 0.3) is 0 Å². The van der Waals surface area contributed by atoms with Crippen molar-refractivity contribution >= 4 is 16.7 Å². The molecule has 0 aliphatic rings. The first kappa shape index (κ1) is 25.1. The van der Waals surface area contributed by atoms with Crippen LogP contribution in [0.3, 0.4) is 0 Å². The van der Waals surface area contributed by atoms with Crippen LogP contribution in [0.15, 0.2) is 78.8 Å². The van der Waals surface area contributed by atoms with E-state index in [-0.39, 0.29) is 31.6 Å². The van der Waals surface area contributed by atoms with Crippen LogP contribution in [0.2, 0.25) is 0 Å². The molecule has 0 amide bonds. The zero-order valence-electron chi connectivity index (χ0n) is 18.4. The summed E-state index contributed by atoms with van der Waals surface area (Å²) in [6, 6.07) is 21.4. The Bertz CT molecular complexity index is 1230. The van der Waals surface area contributed by atoms with Crippen LogP contribution in [-0.4, -0.2) is 27.6 Å². The van der Waals surface area contributed by atoms with Crippen LogP contribution in [-0.2, 0) is 24.9 Å². The first-order chi connectivity index (χ1) is 14.9. The number of aliphatic hydroxyl groups is 1. The van der Waals surface area contributed by atoms with Gasteiger partial charge in [-0.05, 0) is 61.7 Å². The molecule has 0 unspecified atom stereocenters. The number of ether oxygens (including phenoxy) is 1. The average molecular weight is 606 g/mol. The van der Waals surface area contributed by atoms with Gasteiger partial charge < -0.3 is 14.4 Å². The Morgan fingerprint density at radius 3 is 2.44 bits per heavy atom. The van der Waals surface area contributed by atoms with Gasteiger partial charge in [0.15, 0.2) is 5.78 Å². The molecule has 4 aromatic rings. The van der Waals surface area contributed by atoms with E-state index in [9.17, 15) is 4.79 Å². The van der Waals surface area contributed by atoms with E-state index in [1.165, 1.54) is 25.5 Å². The summed E-state index contributed by atoms with van der Waals surface area (Å²) in [7, 11) is 1.67. The number of pyridine rings is 1. The number of hydrogen-bond acceptors (Lipinski definition) is 4. The molecule has 5 nitrogen and oxygen atoms in total. The fourth-order valence-electron chi connectivity index (χ4n) is 3.21. The van der Waals surface area contributed by atoms with Crippen molar-refractivity contribution in [3.05, 3.63) is 90.5 Å². The number of carbonyl (C=O) groups excluding carboxylic acids is 1. The van der Waals surface area contributed by atoms with Crippen molar-refractivity contribution in [2.75, 3.05) is 7.11 Å². The fourth-order valence-corrected chi connectivity index (χ4v) is 3.21. The van der Waals surface area contributed by atoms with E-state index < -0.39 is 0 Å². The number of hydrogen-bond donors (Lipinski definition) is 1. The van der Waals surface area contributed by atoms with Gasteiger partial charge in [-0.25, -0.2) is 0 Å². The zero-order valence-corrected chi connectivity index (χ0v) is 20.8. The van der Waals surface area contributed by atoms with Gasteiger partial charge in [-0.15, -0.1) is 29.8 Å². The van der Waals surface area contributed by atoms with Crippen molar-refractivity contribution < 1.29 is 34.7 Å². The molecule has 2 aromatic carbocycles. The van der Waals surface area contributed by atoms with Crippen LogP contribution in [0, 0.1) is 13.0 Å². The molecule has 167 valence electrons. The van der Waals surface area contributed by atoms with Gasteiger partial charge in [0.1, 0.15) is 0 Å². The second-order valence-corrected chi connectivity index (χ2v) is 7.16. The maximum absolute atomic E-state index is 10.0. The molecule has 0 saturated heterocycles. The summed E-state index contributed by atoms with van der Waals surface area (Å²) in [6.45, 7) is 4.97. The van der Waals surface area contributed by atoms with E-state index in [0.717, 1.165) is 33.6 Å². The van der Waals surface area contributed by atoms with Crippen molar-refractivity contribution in [2.24, 2.45) is 0 Å². The van der Waals surface area contributed by atoms with E-state index in [2.05, 4.69) is 35.8 Å². The third-order valence-electron chi connectivity index (χ3n) is 4.59. The van der Waals surface area contributed by atoms with Crippen molar-refractivity contribution in [2.45, 2.75) is 20.8 Å². The molecule has 2 aromatic heterocycles. The number of fused-ring (bicyclic) bond motifs is 1. The van der Waals surface area contributed by atoms with Crippen LogP contribution < -0.4 is 4.74 Å². The number of rotatable bonds is 4. The number of aliphatic hydroxyl groups excluding tert-OH is 1. The molecule has 0 saturated carbocycles. The Balaban J connectivity index is 0.000000398. The van der Waals surface area contributed by atoms with E-state index >= 15 is 0 Å². The van der Waals surface area contributed by atoms with Gasteiger partial charge in [0, 0.05) is 50.0 Å². The maximum Gasteiger partial charge on any atom is 0.155 e. The average Bonchev–Trinajstić information content (AvgIpc) is 3.27. The molecule has 2 heterocycles. The smallest absolute Gasteiger partial charge is 0.155 e. The number of benzene rings is 2. The van der Waals surface area contributed by atoms with Crippen molar-refractivity contribution in [3.8, 4) is 22.7 Å². The molecular formula is C26H25IrN2O3-. The van der Waals surface area contributed by atoms with Gasteiger partial charge in [-0.1, -0.05) is 12.1 Å². The number of aromatic nitrogens is 2. The summed E-state index contributed by atoms with van der Waals surface area (Å²) in [5, 5.41) is 9.50. The van der Waals surface area contributed by atoms with E-state index in [0.29, 0.717) is 0 Å². The summed E-state index contributed by atoms with van der Waals surface area (Å²) < 4.78 is 7.41. The predicted octanol–water partition coefficient (Wildman–Crippen LogP) is 5.84. The Morgan fingerprint density at radius 2 is 1.84 bits per heavy atom. The Morgan fingerprint density at radius 1 is 1.12 bits per heavy atom. The maximum atomic E-state index is 10.0. The molecule has 0 aliphatic carbocycles. The number of ketones is 1. The molecule has 0 fully saturated rings. The third-order valence-corrected chi connectivity index (χ3v) is 4.59.